The van der Waals surface area contributed by atoms with Crippen molar-refractivity contribution in [2.45, 2.75) is 39.2 Å². The maximum absolute atomic E-state index is 12.2. The van der Waals surface area contributed by atoms with E-state index in [1.54, 1.807) is 6.07 Å². The number of carbonyl (C=O) groups excluding carboxylic acids is 1. The first-order valence-corrected chi connectivity index (χ1v) is 7.61. The van der Waals surface area contributed by atoms with Crippen molar-refractivity contribution < 1.29 is 9.72 Å². The van der Waals surface area contributed by atoms with Gasteiger partial charge in [0.25, 0.3) is 11.6 Å². The van der Waals surface area contributed by atoms with Crippen LogP contribution in [-0.2, 0) is 0 Å². The van der Waals surface area contributed by atoms with E-state index in [1.165, 1.54) is 12.1 Å². The third-order valence-electron chi connectivity index (χ3n) is 3.70. The van der Waals surface area contributed by atoms with Crippen LogP contribution in [0.15, 0.2) is 18.2 Å². The zero-order valence-corrected chi connectivity index (χ0v) is 13.6. The molecule has 1 unspecified atom stereocenters. The predicted molar refractivity (Wildman–Crippen MR) is 84.7 cm³/mol. The van der Waals surface area contributed by atoms with Crippen LogP contribution in [-0.4, -0.2) is 16.9 Å². The van der Waals surface area contributed by atoms with Crippen LogP contribution in [0.25, 0.3) is 0 Å². The van der Waals surface area contributed by atoms with Gasteiger partial charge in [0.2, 0.25) is 0 Å². The molecule has 1 amide bonds. The molecule has 1 N–H and O–H groups in total. The zero-order valence-electron chi connectivity index (χ0n) is 11.5. The lowest BCUT2D eigenvalue weighted by molar-refractivity contribution is -0.385. The second-order valence-corrected chi connectivity index (χ2v) is 7.24. The van der Waals surface area contributed by atoms with Crippen molar-refractivity contribution in [2.24, 2.45) is 5.41 Å². The molecular weight excluding hydrogens is 371 g/mol. The number of halogens is 1. The SMILES string of the molecule is CC1(C)CCC(NC(=O)c2ccc(I)cc2[N+](=O)[O-])C1. The van der Waals surface area contributed by atoms with Crippen LogP contribution in [0, 0.1) is 19.1 Å². The second-order valence-electron chi connectivity index (χ2n) is 6.00. The smallest absolute Gasteiger partial charge is 0.283 e. The Morgan fingerprint density at radius 3 is 2.75 bits per heavy atom. The fourth-order valence-electron chi connectivity index (χ4n) is 2.67. The number of carbonyl (C=O) groups is 1. The Hall–Kier alpha value is -1.18. The number of nitrogens with one attached hydrogen (secondary N) is 1. The molecule has 108 valence electrons. The standard InChI is InChI=1S/C14H17IN2O3/c1-14(2)6-5-10(8-14)16-13(18)11-4-3-9(15)7-12(11)17(19)20/h3-4,7,10H,5-6,8H2,1-2H3,(H,16,18). The number of hydrogen-bond donors (Lipinski definition) is 1. The molecule has 1 aromatic rings. The summed E-state index contributed by atoms with van der Waals surface area (Å²) >= 11 is 2.00. The van der Waals surface area contributed by atoms with Gasteiger partial charge in [-0.15, -0.1) is 0 Å². The van der Waals surface area contributed by atoms with E-state index in [-0.39, 0.29) is 28.6 Å². The van der Waals surface area contributed by atoms with Gasteiger partial charge in [-0.1, -0.05) is 13.8 Å². The Kier molecular flexibility index (Phi) is 4.31. The molecule has 0 radical (unpaired) electrons. The molecular formula is C14H17IN2O3. The molecule has 0 aromatic heterocycles. The van der Waals surface area contributed by atoms with Crippen LogP contribution >= 0.6 is 22.6 Å². The number of rotatable bonds is 3. The van der Waals surface area contributed by atoms with Gasteiger partial charge in [0.15, 0.2) is 0 Å². The van der Waals surface area contributed by atoms with E-state index < -0.39 is 4.92 Å². The maximum atomic E-state index is 12.2. The van der Waals surface area contributed by atoms with Crippen LogP contribution in [0.3, 0.4) is 0 Å². The molecule has 1 aromatic carbocycles. The minimum absolute atomic E-state index is 0.108. The van der Waals surface area contributed by atoms with Crippen LogP contribution in [0.1, 0.15) is 43.5 Å². The first-order chi connectivity index (χ1) is 9.28. The minimum atomic E-state index is -0.504. The Labute approximate surface area is 131 Å². The fourth-order valence-corrected chi connectivity index (χ4v) is 3.15. The summed E-state index contributed by atoms with van der Waals surface area (Å²) in [5, 5.41) is 14.0. The Bertz CT molecular complexity index is 557. The summed E-state index contributed by atoms with van der Waals surface area (Å²) in [6.07, 6.45) is 2.90. The molecule has 0 bridgehead atoms. The molecule has 1 aliphatic carbocycles. The zero-order chi connectivity index (χ0) is 14.9. The van der Waals surface area contributed by atoms with Crippen LogP contribution in [0.5, 0.6) is 0 Å². The van der Waals surface area contributed by atoms with Crippen molar-refractivity contribution in [1.29, 1.82) is 0 Å². The lowest BCUT2D eigenvalue weighted by Crippen LogP contribution is -2.33. The van der Waals surface area contributed by atoms with E-state index >= 15 is 0 Å². The lowest BCUT2D eigenvalue weighted by atomic mass is 9.92. The minimum Gasteiger partial charge on any atom is -0.349 e. The average Bonchev–Trinajstić information content (AvgIpc) is 2.68. The number of benzene rings is 1. The summed E-state index contributed by atoms with van der Waals surface area (Å²) in [7, 11) is 0. The number of nitro groups is 1. The van der Waals surface area contributed by atoms with Crippen molar-refractivity contribution in [1.82, 2.24) is 5.32 Å². The first kappa shape index (κ1) is 15.2. The topological polar surface area (TPSA) is 72.2 Å². The molecule has 0 saturated heterocycles. The van der Waals surface area contributed by atoms with E-state index in [1.807, 2.05) is 22.6 Å². The van der Waals surface area contributed by atoms with Gasteiger partial charge in [-0.3, -0.25) is 14.9 Å². The van der Waals surface area contributed by atoms with Crippen molar-refractivity contribution >= 4 is 34.2 Å². The Balaban J connectivity index is 2.16. The lowest BCUT2D eigenvalue weighted by Gasteiger charge is -2.17. The van der Waals surface area contributed by atoms with Crippen LogP contribution in [0.4, 0.5) is 5.69 Å². The van der Waals surface area contributed by atoms with Crippen molar-refractivity contribution in [3.63, 3.8) is 0 Å². The van der Waals surface area contributed by atoms with E-state index in [9.17, 15) is 14.9 Å². The summed E-state index contributed by atoms with van der Waals surface area (Å²) < 4.78 is 0.743. The molecule has 1 atom stereocenters. The van der Waals surface area contributed by atoms with Gasteiger partial charge in [-0.25, -0.2) is 0 Å². The Morgan fingerprint density at radius 1 is 1.50 bits per heavy atom. The molecule has 1 saturated carbocycles. The highest BCUT2D eigenvalue weighted by atomic mass is 127. The van der Waals surface area contributed by atoms with Crippen molar-refractivity contribution in [2.75, 3.05) is 0 Å². The van der Waals surface area contributed by atoms with E-state index in [0.29, 0.717) is 0 Å². The number of amides is 1. The summed E-state index contributed by atoms with van der Waals surface area (Å²) in [6.45, 7) is 4.35. The number of hydrogen-bond acceptors (Lipinski definition) is 3. The van der Waals surface area contributed by atoms with Crippen molar-refractivity contribution in [3.05, 3.63) is 37.4 Å². The van der Waals surface area contributed by atoms with Gasteiger partial charge in [0.05, 0.1) is 4.92 Å². The average molecular weight is 388 g/mol. The van der Waals surface area contributed by atoms with Gasteiger partial charge in [-0.05, 0) is 59.4 Å². The van der Waals surface area contributed by atoms with Gasteiger partial charge < -0.3 is 5.32 Å². The fraction of sp³-hybridized carbons (Fsp3) is 0.500. The maximum Gasteiger partial charge on any atom is 0.283 e. The van der Waals surface area contributed by atoms with Crippen LogP contribution in [0.2, 0.25) is 0 Å². The molecule has 20 heavy (non-hydrogen) atoms. The molecule has 0 heterocycles. The first-order valence-electron chi connectivity index (χ1n) is 6.53. The van der Waals surface area contributed by atoms with Gasteiger partial charge in [0.1, 0.15) is 5.56 Å². The molecule has 0 aliphatic heterocycles. The predicted octanol–water partition coefficient (Wildman–Crippen LogP) is 3.51. The van der Waals surface area contributed by atoms with E-state index in [4.69, 9.17) is 0 Å². The van der Waals surface area contributed by atoms with Gasteiger partial charge in [-0.2, -0.15) is 0 Å². The molecule has 2 rings (SSSR count). The summed E-state index contributed by atoms with van der Waals surface area (Å²) in [4.78, 5) is 22.8. The van der Waals surface area contributed by atoms with E-state index in [0.717, 1.165) is 22.8 Å². The molecule has 1 aliphatic rings. The largest absolute Gasteiger partial charge is 0.349 e. The van der Waals surface area contributed by atoms with E-state index in [2.05, 4.69) is 19.2 Å². The van der Waals surface area contributed by atoms with Crippen LogP contribution < -0.4 is 5.32 Å². The van der Waals surface area contributed by atoms with Gasteiger partial charge >= 0.3 is 0 Å². The molecule has 5 nitrogen and oxygen atoms in total. The van der Waals surface area contributed by atoms with Crippen molar-refractivity contribution in [3.8, 4) is 0 Å². The Morgan fingerprint density at radius 2 is 2.20 bits per heavy atom. The number of nitro benzene ring substituents is 1. The quantitative estimate of drug-likeness (QED) is 0.489. The highest BCUT2D eigenvalue weighted by Crippen LogP contribution is 2.37. The normalized spacial score (nSPS) is 20.6. The summed E-state index contributed by atoms with van der Waals surface area (Å²) in [6, 6.07) is 4.76. The third kappa shape index (κ3) is 3.47. The highest BCUT2D eigenvalue weighted by molar-refractivity contribution is 14.1. The number of nitrogens with zero attached hydrogens (tertiary/aromatic N) is 1. The second kappa shape index (κ2) is 5.67. The summed E-state index contributed by atoms with van der Waals surface area (Å²) in [5.74, 6) is -0.351. The monoisotopic (exact) mass is 388 g/mol. The molecule has 0 spiro atoms. The molecule has 6 heteroatoms. The highest BCUT2D eigenvalue weighted by Gasteiger charge is 2.32. The third-order valence-corrected chi connectivity index (χ3v) is 4.38. The van der Waals surface area contributed by atoms with Gasteiger partial charge in [0, 0.05) is 15.7 Å². The summed E-state index contributed by atoms with van der Waals surface area (Å²) in [5.41, 5.74) is 0.238. The molecule has 1 fully saturated rings.